The van der Waals surface area contributed by atoms with Crippen LogP contribution in [0.15, 0.2) is 73.3 Å². The van der Waals surface area contributed by atoms with Crippen LogP contribution in [0.3, 0.4) is 0 Å². The Labute approximate surface area is 148 Å². The third-order valence-corrected chi connectivity index (χ3v) is 3.89. The summed E-state index contributed by atoms with van der Waals surface area (Å²) >= 11 is 0. The van der Waals surface area contributed by atoms with E-state index in [4.69, 9.17) is 4.74 Å². The molecule has 0 atom stereocenters. The maximum Gasteiger partial charge on any atom is 0.123 e. The minimum atomic E-state index is 0.695. The van der Waals surface area contributed by atoms with Crippen LogP contribution < -0.4 is 15.6 Å². The van der Waals surface area contributed by atoms with E-state index in [2.05, 4.69) is 26.5 Å². The lowest BCUT2D eigenvalue weighted by molar-refractivity contribution is 0.300. The van der Waals surface area contributed by atoms with Crippen molar-refractivity contribution in [3.05, 3.63) is 78.9 Å². The molecule has 1 aromatic heterocycles. The number of para-hydroxylation sites is 2. The van der Waals surface area contributed by atoms with Gasteiger partial charge in [0.1, 0.15) is 5.75 Å². The number of nitrogens with one attached hydrogen (secondary N) is 2. The topological polar surface area (TPSA) is 51.1 Å². The molecule has 25 heavy (non-hydrogen) atoms. The molecule has 0 saturated heterocycles. The Hall–Kier alpha value is -2.79. The summed E-state index contributed by atoms with van der Waals surface area (Å²) < 4.78 is 8.06. The lowest BCUT2D eigenvalue weighted by Crippen LogP contribution is -2.21. The molecule has 0 fully saturated rings. The number of rotatable bonds is 10. The minimum Gasteiger partial charge on any atom is -0.493 e. The van der Waals surface area contributed by atoms with Crippen LogP contribution in [0, 0.1) is 0 Å². The van der Waals surface area contributed by atoms with Crippen molar-refractivity contribution in [2.75, 3.05) is 12.0 Å². The highest BCUT2D eigenvalue weighted by molar-refractivity contribution is 5.41. The molecule has 0 amide bonds. The molecule has 0 radical (unpaired) electrons. The van der Waals surface area contributed by atoms with Gasteiger partial charge in [-0.25, -0.2) is 10.4 Å². The summed E-state index contributed by atoms with van der Waals surface area (Å²) in [5, 5.41) is 0. The maximum absolute atomic E-state index is 5.97. The lowest BCUT2D eigenvalue weighted by atomic mass is 10.2. The second kappa shape index (κ2) is 9.49. The van der Waals surface area contributed by atoms with E-state index >= 15 is 0 Å². The van der Waals surface area contributed by atoms with Gasteiger partial charge in [-0.2, -0.15) is 0 Å². The normalized spacial score (nSPS) is 10.6. The molecule has 0 saturated carbocycles. The highest BCUT2D eigenvalue weighted by atomic mass is 16.5. The molecule has 0 spiro atoms. The van der Waals surface area contributed by atoms with Gasteiger partial charge < -0.3 is 14.7 Å². The van der Waals surface area contributed by atoms with E-state index in [9.17, 15) is 0 Å². The van der Waals surface area contributed by atoms with Crippen molar-refractivity contribution in [1.82, 2.24) is 15.0 Å². The van der Waals surface area contributed by atoms with Crippen LogP contribution in [-0.2, 0) is 13.1 Å². The van der Waals surface area contributed by atoms with E-state index in [0.29, 0.717) is 6.54 Å². The fourth-order valence-corrected chi connectivity index (χ4v) is 2.55. The molecule has 5 nitrogen and oxygen atoms in total. The van der Waals surface area contributed by atoms with Crippen molar-refractivity contribution in [2.24, 2.45) is 0 Å². The van der Waals surface area contributed by atoms with Crippen molar-refractivity contribution in [3.63, 3.8) is 0 Å². The van der Waals surface area contributed by atoms with E-state index < -0.39 is 0 Å². The molecule has 0 aliphatic rings. The summed E-state index contributed by atoms with van der Waals surface area (Å²) in [4.78, 5) is 4.05. The highest BCUT2D eigenvalue weighted by Gasteiger charge is 2.02. The molecule has 3 aromatic rings. The molecule has 0 aliphatic carbocycles. The number of unbranched alkanes of at least 4 members (excludes halogenated alkanes) is 1. The predicted octanol–water partition coefficient (Wildman–Crippen LogP) is 3.86. The molecule has 2 N–H and O–H groups in total. The van der Waals surface area contributed by atoms with Crippen LogP contribution in [0.2, 0.25) is 0 Å². The Kier molecular flexibility index (Phi) is 6.47. The second-order valence-corrected chi connectivity index (χ2v) is 5.81. The zero-order valence-corrected chi connectivity index (χ0v) is 14.3. The van der Waals surface area contributed by atoms with Gasteiger partial charge in [0.15, 0.2) is 0 Å². The average molecular weight is 336 g/mol. The Morgan fingerprint density at radius 1 is 0.960 bits per heavy atom. The van der Waals surface area contributed by atoms with Crippen LogP contribution in [0.4, 0.5) is 5.69 Å². The Morgan fingerprint density at radius 2 is 1.80 bits per heavy atom. The minimum absolute atomic E-state index is 0.695. The first-order valence-corrected chi connectivity index (χ1v) is 8.62. The first-order valence-electron chi connectivity index (χ1n) is 8.62. The molecule has 3 rings (SSSR count). The largest absolute Gasteiger partial charge is 0.493 e. The lowest BCUT2D eigenvalue weighted by Gasteiger charge is -2.13. The Balaban J connectivity index is 1.40. The van der Waals surface area contributed by atoms with Crippen LogP contribution in [0.1, 0.15) is 18.4 Å². The molecule has 5 heteroatoms. The zero-order valence-electron chi connectivity index (χ0n) is 14.3. The van der Waals surface area contributed by atoms with Gasteiger partial charge in [-0.1, -0.05) is 36.4 Å². The summed E-state index contributed by atoms with van der Waals surface area (Å²) in [5.41, 5.74) is 8.62. The van der Waals surface area contributed by atoms with Crippen molar-refractivity contribution in [3.8, 4) is 5.75 Å². The van der Waals surface area contributed by atoms with Gasteiger partial charge >= 0.3 is 0 Å². The molecular formula is C20H24N4O. The van der Waals surface area contributed by atoms with Crippen LogP contribution in [0.5, 0.6) is 5.75 Å². The zero-order chi connectivity index (χ0) is 17.2. The number of anilines is 1. The van der Waals surface area contributed by atoms with Crippen molar-refractivity contribution in [1.29, 1.82) is 0 Å². The molecular weight excluding hydrogens is 312 g/mol. The monoisotopic (exact) mass is 336 g/mol. The summed E-state index contributed by atoms with van der Waals surface area (Å²) in [5.74, 6) is 0.937. The number of aryl methyl sites for hydroxylation is 1. The average Bonchev–Trinajstić information content (AvgIpc) is 3.17. The first-order chi connectivity index (χ1) is 12.4. The summed E-state index contributed by atoms with van der Waals surface area (Å²) in [7, 11) is 0. The van der Waals surface area contributed by atoms with Crippen molar-refractivity contribution < 1.29 is 4.74 Å². The number of hydrazine groups is 1. The smallest absolute Gasteiger partial charge is 0.123 e. The van der Waals surface area contributed by atoms with Crippen molar-refractivity contribution in [2.45, 2.75) is 25.9 Å². The fraction of sp³-hybridized carbons (Fsp3) is 0.250. The molecule has 2 aromatic carbocycles. The van der Waals surface area contributed by atoms with E-state index in [1.165, 1.54) is 0 Å². The van der Waals surface area contributed by atoms with Gasteiger partial charge in [0.2, 0.25) is 0 Å². The van der Waals surface area contributed by atoms with Gasteiger partial charge in [0.05, 0.1) is 12.9 Å². The van der Waals surface area contributed by atoms with E-state index in [-0.39, 0.29) is 0 Å². The summed E-state index contributed by atoms with van der Waals surface area (Å²) in [6.45, 7) is 2.39. The van der Waals surface area contributed by atoms with Crippen LogP contribution in [0.25, 0.3) is 0 Å². The van der Waals surface area contributed by atoms with Gasteiger partial charge in [-0.05, 0) is 31.0 Å². The summed E-state index contributed by atoms with van der Waals surface area (Å²) in [6, 6.07) is 18.2. The van der Waals surface area contributed by atoms with Crippen LogP contribution in [-0.4, -0.2) is 16.2 Å². The third-order valence-electron chi connectivity index (χ3n) is 3.89. The van der Waals surface area contributed by atoms with E-state index in [1.54, 1.807) is 0 Å². The third kappa shape index (κ3) is 5.65. The number of imidazole rings is 1. The number of benzene rings is 2. The number of hydrogen-bond donors (Lipinski definition) is 2. The van der Waals surface area contributed by atoms with E-state index in [0.717, 1.165) is 43.0 Å². The highest BCUT2D eigenvalue weighted by Crippen LogP contribution is 2.18. The Morgan fingerprint density at radius 3 is 2.64 bits per heavy atom. The number of ether oxygens (including phenoxy) is 1. The number of aromatic nitrogens is 2. The standard InChI is InChI=1S/C20H24N4O/c1-2-9-19(10-3-1)23-22-16-18-8-4-5-11-20(18)25-15-7-6-13-24-14-12-21-17-24/h1-5,8-12,14,17,22-23H,6-7,13,15-16H2. The molecule has 1 heterocycles. The molecule has 0 aliphatic heterocycles. The fourth-order valence-electron chi connectivity index (χ4n) is 2.55. The quantitative estimate of drug-likeness (QED) is 0.436. The first kappa shape index (κ1) is 17.0. The van der Waals surface area contributed by atoms with Gasteiger partial charge in [0.25, 0.3) is 0 Å². The molecule has 130 valence electrons. The van der Waals surface area contributed by atoms with Gasteiger partial charge in [0, 0.05) is 36.7 Å². The number of nitrogens with zero attached hydrogens (tertiary/aromatic N) is 2. The summed E-state index contributed by atoms with van der Waals surface area (Å²) in [6.07, 6.45) is 7.74. The van der Waals surface area contributed by atoms with Crippen molar-refractivity contribution >= 4 is 5.69 Å². The Bertz CT molecular complexity index is 728. The SMILES string of the molecule is c1ccc(NNCc2ccccc2OCCCCn2ccnc2)cc1. The maximum atomic E-state index is 5.97. The molecule has 0 unspecified atom stereocenters. The van der Waals surface area contributed by atoms with E-state index in [1.807, 2.05) is 67.3 Å². The number of hydrogen-bond acceptors (Lipinski definition) is 4. The second-order valence-electron chi connectivity index (χ2n) is 5.81. The molecule has 0 bridgehead atoms. The van der Waals surface area contributed by atoms with Gasteiger partial charge in [-0.15, -0.1) is 0 Å². The van der Waals surface area contributed by atoms with Crippen LogP contribution >= 0.6 is 0 Å². The van der Waals surface area contributed by atoms with Gasteiger partial charge in [-0.3, -0.25) is 0 Å². The predicted molar refractivity (Wildman–Crippen MR) is 100 cm³/mol.